The molecule has 0 fully saturated rings. The van der Waals surface area contributed by atoms with Crippen molar-refractivity contribution in [3.8, 4) is 5.75 Å². The molecule has 0 radical (unpaired) electrons. The van der Waals surface area contributed by atoms with Gasteiger partial charge in [0.15, 0.2) is 5.78 Å². The van der Waals surface area contributed by atoms with E-state index < -0.39 is 0 Å². The van der Waals surface area contributed by atoms with E-state index in [-0.39, 0.29) is 5.78 Å². The number of ketones is 1. The van der Waals surface area contributed by atoms with Crippen LogP contribution in [-0.4, -0.2) is 5.78 Å². The first-order valence-electron chi connectivity index (χ1n) is 5.54. The topological polar surface area (TPSA) is 26.3 Å². The molecule has 2 aromatic carbocycles. The third-order valence-corrected chi connectivity index (χ3v) is 2.57. The maximum Gasteiger partial charge on any atom is 0.164 e. The highest BCUT2D eigenvalue weighted by atomic mass is 16.5. The van der Waals surface area contributed by atoms with E-state index in [1.807, 2.05) is 43.3 Å². The molecule has 0 aromatic heterocycles. The van der Waals surface area contributed by atoms with Crippen molar-refractivity contribution >= 4 is 16.6 Å². The Bertz CT molecular complexity index is 582. The molecule has 0 spiro atoms. The fourth-order valence-electron chi connectivity index (χ4n) is 1.85. The highest BCUT2D eigenvalue weighted by molar-refractivity contribution is 6.09. The number of rotatable bonds is 3. The zero-order valence-corrected chi connectivity index (χ0v) is 9.94. The number of fused-ring (bicyclic) bond motifs is 1. The van der Waals surface area contributed by atoms with Crippen LogP contribution in [-0.2, 0) is 0 Å². The molecule has 2 aromatic rings. The molecule has 0 heterocycles. The van der Waals surface area contributed by atoms with E-state index in [1.54, 1.807) is 19.3 Å². The fourth-order valence-corrected chi connectivity index (χ4v) is 1.85. The lowest BCUT2D eigenvalue weighted by molar-refractivity contribution is 0.101. The van der Waals surface area contributed by atoms with E-state index in [0.29, 0.717) is 11.3 Å². The summed E-state index contributed by atoms with van der Waals surface area (Å²) in [4.78, 5) is 11.7. The van der Waals surface area contributed by atoms with Crippen LogP contribution in [0.1, 0.15) is 24.2 Å². The Hall–Kier alpha value is -2.09. The quantitative estimate of drug-likeness (QED) is 0.585. The van der Waals surface area contributed by atoms with Crippen LogP contribution in [0, 0.1) is 0 Å². The van der Waals surface area contributed by atoms with Gasteiger partial charge >= 0.3 is 0 Å². The van der Waals surface area contributed by atoms with E-state index in [1.165, 1.54) is 0 Å². The average molecular weight is 226 g/mol. The zero-order chi connectivity index (χ0) is 12.3. The Morgan fingerprint density at radius 1 is 1.18 bits per heavy atom. The Balaban J connectivity index is 2.68. The summed E-state index contributed by atoms with van der Waals surface area (Å²) in [5.74, 6) is 0.621. The van der Waals surface area contributed by atoms with Gasteiger partial charge in [-0.15, -0.1) is 0 Å². The molecule has 0 aliphatic heterocycles. The summed E-state index contributed by atoms with van der Waals surface area (Å²) in [6.07, 6.45) is 3.37. The molecule has 0 aliphatic carbocycles. The van der Waals surface area contributed by atoms with E-state index in [0.717, 1.165) is 10.8 Å². The third kappa shape index (κ3) is 2.21. The van der Waals surface area contributed by atoms with Gasteiger partial charge in [0.1, 0.15) is 5.75 Å². The number of hydrogen-bond acceptors (Lipinski definition) is 2. The smallest absolute Gasteiger partial charge is 0.164 e. The third-order valence-electron chi connectivity index (χ3n) is 2.57. The molecule has 17 heavy (non-hydrogen) atoms. The molecule has 0 saturated carbocycles. The number of carbonyl (C=O) groups excluding carboxylic acids is 1. The number of ether oxygens (including phenoxy) is 1. The molecular weight excluding hydrogens is 212 g/mol. The molecule has 0 unspecified atom stereocenters. The van der Waals surface area contributed by atoms with Crippen molar-refractivity contribution in [2.45, 2.75) is 13.8 Å². The largest absolute Gasteiger partial charge is 0.465 e. The van der Waals surface area contributed by atoms with Crippen molar-refractivity contribution < 1.29 is 9.53 Å². The van der Waals surface area contributed by atoms with Crippen LogP contribution >= 0.6 is 0 Å². The zero-order valence-electron chi connectivity index (χ0n) is 9.94. The van der Waals surface area contributed by atoms with Crippen molar-refractivity contribution in [1.82, 2.24) is 0 Å². The molecule has 2 nitrogen and oxygen atoms in total. The first kappa shape index (κ1) is 11.4. The lowest BCUT2D eigenvalue weighted by atomic mass is 10.0. The maximum atomic E-state index is 11.7. The fraction of sp³-hybridized carbons (Fsp3) is 0.133. The summed E-state index contributed by atoms with van der Waals surface area (Å²) >= 11 is 0. The van der Waals surface area contributed by atoms with Crippen molar-refractivity contribution in [2.75, 3.05) is 0 Å². The van der Waals surface area contributed by atoms with E-state index in [9.17, 15) is 4.79 Å². The Labute approximate surface area is 101 Å². The summed E-state index contributed by atoms with van der Waals surface area (Å²) in [7, 11) is 0. The van der Waals surface area contributed by atoms with Gasteiger partial charge in [-0.25, -0.2) is 0 Å². The summed E-state index contributed by atoms with van der Waals surface area (Å²) < 4.78 is 5.45. The van der Waals surface area contributed by atoms with Crippen LogP contribution in [0.2, 0.25) is 0 Å². The van der Waals surface area contributed by atoms with Gasteiger partial charge in [-0.1, -0.05) is 36.4 Å². The van der Waals surface area contributed by atoms with Crippen molar-refractivity contribution in [3.63, 3.8) is 0 Å². The van der Waals surface area contributed by atoms with Gasteiger partial charge in [0, 0.05) is 0 Å². The van der Waals surface area contributed by atoms with Crippen LogP contribution in [0.15, 0.2) is 48.7 Å². The van der Waals surface area contributed by atoms with Gasteiger partial charge in [-0.05, 0) is 30.7 Å². The van der Waals surface area contributed by atoms with Gasteiger partial charge in [-0.2, -0.15) is 0 Å². The predicted molar refractivity (Wildman–Crippen MR) is 69.4 cm³/mol. The first-order chi connectivity index (χ1) is 8.24. The molecule has 86 valence electrons. The van der Waals surface area contributed by atoms with Crippen molar-refractivity contribution in [2.24, 2.45) is 0 Å². The molecule has 0 bridgehead atoms. The van der Waals surface area contributed by atoms with Gasteiger partial charge in [-0.3, -0.25) is 4.79 Å². The monoisotopic (exact) mass is 226 g/mol. The summed E-state index contributed by atoms with van der Waals surface area (Å²) in [6, 6.07) is 11.6. The standard InChI is InChI=1S/C15H14O2/c1-3-10-17-14-9-8-12-6-4-5-7-13(12)15(14)11(2)16/h3-10H,1-2H3/b10-3-. The number of allylic oxidation sites excluding steroid dienone is 1. The average Bonchev–Trinajstić information content (AvgIpc) is 2.35. The molecule has 0 N–H and O–H groups in total. The minimum Gasteiger partial charge on any atom is -0.465 e. The Morgan fingerprint density at radius 3 is 2.65 bits per heavy atom. The van der Waals surface area contributed by atoms with Crippen molar-refractivity contribution in [1.29, 1.82) is 0 Å². The summed E-state index contributed by atoms with van der Waals surface area (Å²) in [5.41, 5.74) is 0.640. The molecule has 0 saturated heterocycles. The molecule has 2 heteroatoms. The van der Waals surface area contributed by atoms with Gasteiger partial charge in [0.25, 0.3) is 0 Å². The molecule has 0 amide bonds. The molecular formula is C15H14O2. The highest BCUT2D eigenvalue weighted by Crippen LogP contribution is 2.28. The number of carbonyl (C=O) groups is 1. The lowest BCUT2D eigenvalue weighted by Crippen LogP contribution is -1.98. The van der Waals surface area contributed by atoms with Crippen LogP contribution in [0.4, 0.5) is 0 Å². The predicted octanol–water partition coefficient (Wildman–Crippen LogP) is 3.95. The van der Waals surface area contributed by atoms with Crippen molar-refractivity contribution in [3.05, 3.63) is 54.3 Å². The van der Waals surface area contributed by atoms with Crippen LogP contribution in [0.3, 0.4) is 0 Å². The minimum absolute atomic E-state index is 0.0151. The van der Waals surface area contributed by atoms with E-state index in [2.05, 4.69) is 0 Å². The Morgan fingerprint density at radius 2 is 1.94 bits per heavy atom. The SMILES string of the molecule is C/C=C\Oc1ccc2ccccc2c1C(C)=O. The first-order valence-corrected chi connectivity index (χ1v) is 5.54. The van der Waals surface area contributed by atoms with Gasteiger partial charge in [0.2, 0.25) is 0 Å². The molecule has 0 atom stereocenters. The number of benzene rings is 2. The second-order valence-electron chi connectivity index (χ2n) is 3.80. The van der Waals surface area contributed by atoms with Crippen LogP contribution in [0.25, 0.3) is 10.8 Å². The van der Waals surface area contributed by atoms with E-state index >= 15 is 0 Å². The minimum atomic E-state index is 0.0151. The van der Waals surface area contributed by atoms with Gasteiger partial charge in [0.05, 0.1) is 11.8 Å². The maximum absolute atomic E-state index is 11.7. The summed E-state index contributed by atoms with van der Waals surface area (Å²) in [6.45, 7) is 3.43. The Kier molecular flexibility index (Phi) is 3.24. The second-order valence-corrected chi connectivity index (χ2v) is 3.80. The normalized spacial score (nSPS) is 10.9. The molecule has 0 aliphatic rings. The molecule has 2 rings (SSSR count). The summed E-state index contributed by atoms with van der Waals surface area (Å²) in [5, 5.41) is 1.98. The lowest BCUT2D eigenvalue weighted by Gasteiger charge is -2.09. The highest BCUT2D eigenvalue weighted by Gasteiger charge is 2.12. The van der Waals surface area contributed by atoms with Gasteiger partial charge < -0.3 is 4.74 Å². The second kappa shape index (κ2) is 4.83. The van der Waals surface area contributed by atoms with Crippen LogP contribution in [0.5, 0.6) is 5.75 Å². The number of hydrogen-bond donors (Lipinski definition) is 0. The van der Waals surface area contributed by atoms with Crippen LogP contribution < -0.4 is 4.74 Å². The number of Topliss-reactive ketones (excluding diaryl/α,β-unsaturated/α-hetero) is 1. The van der Waals surface area contributed by atoms with E-state index in [4.69, 9.17) is 4.74 Å².